The lowest BCUT2D eigenvalue weighted by atomic mass is 9.75. The second-order valence-corrected chi connectivity index (χ2v) is 4.46. The van der Waals surface area contributed by atoms with Gasteiger partial charge in [-0.15, -0.1) is 0 Å². The SMILES string of the molecule is CCCC(NC(=O)C1CC(C)C1)C(=O)O. The molecule has 4 heteroatoms. The summed E-state index contributed by atoms with van der Waals surface area (Å²) in [4.78, 5) is 22.4. The van der Waals surface area contributed by atoms with Crippen LogP contribution in [0.3, 0.4) is 0 Å². The van der Waals surface area contributed by atoms with Crippen molar-refractivity contribution in [3.05, 3.63) is 0 Å². The van der Waals surface area contributed by atoms with Crippen molar-refractivity contribution in [1.29, 1.82) is 0 Å². The van der Waals surface area contributed by atoms with Gasteiger partial charge in [0.15, 0.2) is 0 Å². The van der Waals surface area contributed by atoms with E-state index >= 15 is 0 Å². The summed E-state index contributed by atoms with van der Waals surface area (Å²) in [5, 5.41) is 11.5. The largest absolute Gasteiger partial charge is 0.480 e. The number of hydrogen-bond donors (Lipinski definition) is 2. The van der Waals surface area contributed by atoms with Crippen molar-refractivity contribution < 1.29 is 14.7 Å². The van der Waals surface area contributed by atoms with E-state index in [0.29, 0.717) is 12.3 Å². The van der Waals surface area contributed by atoms with Gasteiger partial charge in [0.25, 0.3) is 0 Å². The first kappa shape index (κ1) is 12.0. The molecule has 2 N–H and O–H groups in total. The molecule has 1 unspecified atom stereocenters. The molecule has 0 aromatic carbocycles. The summed E-state index contributed by atoms with van der Waals surface area (Å²) in [6.45, 7) is 4.01. The van der Waals surface area contributed by atoms with Crippen molar-refractivity contribution in [3.63, 3.8) is 0 Å². The fourth-order valence-corrected chi connectivity index (χ4v) is 1.95. The molecule has 0 spiro atoms. The molecule has 1 rings (SSSR count). The molecule has 4 nitrogen and oxygen atoms in total. The van der Waals surface area contributed by atoms with Gasteiger partial charge in [-0.05, 0) is 25.2 Å². The molecule has 1 aliphatic rings. The summed E-state index contributed by atoms with van der Waals surface area (Å²) in [5.41, 5.74) is 0. The van der Waals surface area contributed by atoms with Crippen LogP contribution >= 0.6 is 0 Å². The molecule has 1 fully saturated rings. The molecule has 0 aliphatic heterocycles. The standard InChI is InChI=1S/C11H19NO3/c1-3-4-9(11(14)15)12-10(13)8-5-7(2)6-8/h7-9H,3-6H2,1-2H3,(H,12,13)(H,14,15). The van der Waals surface area contributed by atoms with E-state index in [9.17, 15) is 9.59 Å². The minimum atomic E-state index is -0.933. The molecule has 0 bridgehead atoms. The maximum atomic E-state index is 11.6. The van der Waals surface area contributed by atoms with Gasteiger partial charge in [0, 0.05) is 5.92 Å². The first-order chi connectivity index (χ1) is 7.04. The fourth-order valence-electron chi connectivity index (χ4n) is 1.95. The van der Waals surface area contributed by atoms with Gasteiger partial charge in [-0.25, -0.2) is 4.79 Å². The van der Waals surface area contributed by atoms with Gasteiger partial charge in [-0.3, -0.25) is 4.79 Å². The van der Waals surface area contributed by atoms with Crippen LogP contribution in [-0.2, 0) is 9.59 Å². The molecule has 1 aliphatic carbocycles. The van der Waals surface area contributed by atoms with Crippen LogP contribution < -0.4 is 5.32 Å². The predicted molar refractivity (Wildman–Crippen MR) is 56.4 cm³/mol. The number of hydrogen-bond acceptors (Lipinski definition) is 2. The Morgan fingerprint density at radius 1 is 1.47 bits per heavy atom. The first-order valence-corrected chi connectivity index (χ1v) is 5.57. The molecule has 1 saturated carbocycles. The van der Waals surface area contributed by atoms with Gasteiger partial charge < -0.3 is 10.4 Å². The van der Waals surface area contributed by atoms with Gasteiger partial charge in [-0.1, -0.05) is 20.3 Å². The van der Waals surface area contributed by atoms with Crippen LogP contribution in [0.4, 0.5) is 0 Å². The van der Waals surface area contributed by atoms with Crippen molar-refractivity contribution in [2.24, 2.45) is 11.8 Å². The summed E-state index contributed by atoms with van der Waals surface area (Å²) in [6.07, 6.45) is 3.05. The number of amides is 1. The Hall–Kier alpha value is -1.06. The highest BCUT2D eigenvalue weighted by molar-refractivity contribution is 5.85. The van der Waals surface area contributed by atoms with E-state index in [2.05, 4.69) is 12.2 Å². The highest BCUT2D eigenvalue weighted by Crippen LogP contribution is 2.33. The zero-order valence-corrected chi connectivity index (χ0v) is 9.32. The number of carbonyl (C=O) groups is 2. The van der Waals surface area contributed by atoms with Crippen LogP contribution in [0.25, 0.3) is 0 Å². The second-order valence-electron chi connectivity index (χ2n) is 4.46. The first-order valence-electron chi connectivity index (χ1n) is 5.57. The zero-order chi connectivity index (χ0) is 11.4. The Kier molecular flexibility index (Phi) is 4.12. The van der Waals surface area contributed by atoms with Crippen molar-refractivity contribution in [1.82, 2.24) is 5.32 Å². The number of carbonyl (C=O) groups excluding carboxylic acids is 1. The predicted octanol–water partition coefficient (Wildman–Crippen LogP) is 1.40. The molecule has 0 saturated heterocycles. The summed E-state index contributed by atoms with van der Waals surface area (Å²) in [6, 6.07) is -0.710. The van der Waals surface area contributed by atoms with Crippen LogP contribution in [0.1, 0.15) is 39.5 Å². The molecule has 86 valence electrons. The second kappa shape index (κ2) is 5.14. The Balaban J connectivity index is 2.37. The third kappa shape index (κ3) is 3.22. The van der Waals surface area contributed by atoms with E-state index in [0.717, 1.165) is 19.3 Å². The lowest BCUT2D eigenvalue weighted by molar-refractivity contribution is -0.143. The van der Waals surface area contributed by atoms with Crippen LogP contribution in [0, 0.1) is 11.8 Å². The average molecular weight is 213 g/mol. The van der Waals surface area contributed by atoms with Crippen molar-refractivity contribution in [2.45, 2.75) is 45.6 Å². The fraction of sp³-hybridized carbons (Fsp3) is 0.818. The highest BCUT2D eigenvalue weighted by Gasteiger charge is 2.33. The smallest absolute Gasteiger partial charge is 0.326 e. The molecule has 0 aromatic heterocycles. The molecule has 0 aromatic rings. The third-order valence-corrected chi connectivity index (χ3v) is 2.94. The zero-order valence-electron chi connectivity index (χ0n) is 9.32. The van der Waals surface area contributed by atoms with Crippen molar-refractivity contribution in [2.75, 3.05) is 0 Å². The van der Waals surface area contributed by atoms with Crippen LogP contribution in [0.2, 0.25) is 0 Å². The normalized spacial score (nSPS) is 26.5. The number of nitrogens with one attached hydrogen (secondary N) is 1. The van der Waals surface area contributed by atoms with E-state index < -0.39 is 12.0 Å². The van der Waals surface area contributed by atoms with Crippen LogP contribution in [0.5, 0.6) is 0 Å². The summed E-state index contributed by atoms with van der Waals surface area (Å²) < 4.78 is 0. The van der Waals surface area contributed by atoms with Gasteiger partial charge in [-0.2, -0.15) is 0 Å². The molecule has 1 amide bonds. The van der Waals surface area contributed by atoms with Crippen LogP contribution in [0.15, 0.2) is 0 Å². The van der Waals surface area contributed by atoms with E-state index in [-0.39, 0.29) is 11.8 Å². The Morgan fingerprint density at radius 2 is 2.07 bits per heavy atom. The Bertz CT molecular complexity index is 246. The summed E-state index contributed by atoms with van der Waals surface area (Å²) in [7, 11) is 0. The van der Waals surface area contributed by atoms with Crippen molar-refractivity contribution >= 4 is 11.9 Å². The van der Waals surface area contributed by atoms with Gasteiger partial charge in [0.1, 0.15) is 6.04 Å². The molecular weight excluding hydrogens is 194 g/mol. The summed E-state index contributed by atoms with van der Waals surface area (Å²) >= 11 is 0. The average Bonchev–Trinajstić information content (AvgIpc) is 2.12. The number of carboxylic acids is 1. The minimum absolute atomic E-state index is 0.0405. The minimum Gasteiger partial charge on any atom is -0.480 e. The van der Waals surface area contributed by atoms with Gasteiger partial charge >= 0.3 is 5.97 Å². The van der Waals surface area contributed by atoms with E-state index in [4.69, 9.17) is 5.11 Å². The Morgan fingerprint density at radius 3 is 2.47 bits per heavy atom. The van der Waals surface area contributed by atoms with Gasteiger partial charge in [0.05, 0.1) is 0 Å². The molecular formula is C11H19NO3. The Labute approximate surface area is 90.0 Å². The maximum absolute atomic E-state index is 11.6. The van der Waals surface area contributed by atoms with Crippen molar-refractivity contribution in [3.8, 4) is 0 Å². The lowest BCUT2D eigenvalue weighted by Crippen LogP contribution is -2.46. The monoisotopic (exact) mass is 213 g/mol. The quantitative estimate of drug-likeness (QED) is 0.725. The number of aliphatic carboxylic acids is 1. The van der Waals surface area contributed by atoms with E-state index in [1.807, 2.05) is 6.92 Å². The maximum Gasteiger partial charge on any atom is 0.326 e. The summed E-state index contributed by atoms with van der Waals surface area (Å²) in [5.74, 6) is -0.375. The lowest BCUT2D eigenvalue weighted by Gasteiger charge is -2.32. The highest BCUT2D eigenvalue weighted by atomic mass is 16.4. The molecule has 15 heavy (non-hydrogen) atoms. The molecule has 0 heterocycles. The third-order valence-electron chi connectivity index (χ3n) is 2.94. The number of carboxylic acid groups (broad SMARTS) is 1. The van der Waals surface area contributed by atoms with Crippen LogP contribution in [-0.4, -0.2) is 23.0 Å². The van der Waals surface area contributed by atoms with Gasteiger partial charge in [0.2, 0.25) is 5.91 Å². The number of rotatable bonds is 5. The van der Waals surface area contributed by atoms with E-state index in [1.165, 1.54) is 0 Å². The van der Waals surface area contributed by atoms with E-state index in [1.54, 1.807) is 0 Å². The molecule has 0 radical (unpaired) electrons. The molecule has 1 atom stereocenters. The topological polar surface area (TPSA) is 66.4 Å².